The molecule has 0 bridgehead atoms. The maximum Gasteiger partial charge on any atom is 0.237 e. The fourth-order valence-electron chi connectivity index (χ4n) is 2.94. The van der Waals surface area contributed by atoms with Crippen molar-refractivity contribution in [2.24, 2.45) is 5.41 Å². The number of Topliss-reactive ketones (excluding diaryl/α,β-unsaturated/α-hetero) is 1. The van der Waals surface area contributed by atoms with Crippen LogP contribution < -0.4 is 5.32 Å². The molecule has 1 aliphatic rings. The van der Waals surface area contributed by atoms with Crippen molar-refractivity contribution < 1.29 is 23.8 Å². The van der Waals surface area contributed by atoms with Crippen molar-refractivity contribution in [2.45, 2.75) is 53.0 Å². The second-order valence-corrected chi connectivity index (χ2v) is 7.83. The largest absolute Gasteiger partial charge is 0.380 e. The number of carbonyl (C=O) groups excluding carboxylic acids is 2. The summed E-state index contributed by atoms with van der Waals surface area (Å²) in [4.78, 5) is 26.2. The summed E-state index contributed by atoms with van der Waals surface area (Å²) in [5, 5.41) is 2.95. The monoisotopic (exact) mass is 386 g/mol. The van der Waals surface area contributed by atoms with Gasteiger partial charge < -0.3 is 19.5 Å². The molecule has 0 aromatic rings. The van der Waals surface area contributed by atoms with Gasteiger partial charge in [0, 0.05) is 31.5 Å². The first-order valence-corrected chi connectivity index (χ1v) is 10.1. The van der Waals surface area contributed by atoms with Crippen LogP contribution in [-0.4, -0.2) is 81.9 Å². The Morgan fingerprint density at radius 1 is 1.04 bits per heavy atom. The summed E-state index contributed by atoms with van der Waals surface area (Å²) in [5.74, 6) is 0.276. The van der Waals surface area contributed by atoms with E-state index < -0.39 is 0 Å². The summed E-state index contributed by atoms with van der Waals surface area (Å²) in [6, 6.07) is -0.0471. The molecule has 1 rings (SSSR count). The van der Waals surface area contributed by atoms with Gasteiger partial charge in [0.2, 0.25) is 5.91 Å². The van der Waals surface area contributed by atoms with Crippen molar-refractivity contribution in [1.29, 1.82) is 0 Å². The van der Waals surface area contributed by atoms with Crippen molar-refractivity contribution in [3.05, 3.63) is 0 Å². The summed E-state index contributed by atoms with van der Waals surface area (Å²) < 4.78 is 16.3. The van der Waals surface area contributed by atoms with Crippen LogP contribution in [0.5, 0.6) is 0 Å². The van der Waals surface area contributed by atoms with Crippen LogP contribution in [0.25, 0.3) is 0 Å². The van der Waals surface area contributed by atoms with Crippen LogP contribution in [-0.2, 0) is 23.8 Å². The Hall–Kier alpha value is -1.02. The third-order valence-corrected chi connectivity index (χ3v) is 4.62. The zero-order valence-electron chi connectivity index (χ0n) is 17.6. The van der Waals surface area contributed by atoms with Gasteiger partial charge in [-0.25, -0.2) is 0 Å². The van der Waals surface area contributed by atoms with Crippen molar-refractivity contribution >= 4 is 11.7 Å². The molecule has 1 saturated heterocycles. The third-order valence-electron chi connectivity index (χ3n) is 4.62. The predicted molar refractivity (Wildman–Crippen MR) is 105 cm³/mol. The summed E-state index contributed by atoms with van der Waals surface area (Å²) in [7, 11) is 0. The lowest BCUT2D eigenvalue weighted by Gasteiger charge is -2.23. The topological polar surface area (TPSA) is 77.1 Å². The SMILES string of the molecule is CCOCCN1CCC[C@H]1C(=O)NCCOCCOCCC(=O)C(C)(C)C. The number of rotatable bonds is 14. The molecule has 0 aromatic heterocycles. The number of hydrogen-bond donors (Lipinski definition) is 1. The zero-order chi connectivity index (χ0) is 20.1. The van der Waals surface area contributed by atoms with Gasteiger partial charge in [-0.15, -0.1) is 0 Å². The highest BCUT2D eigenvalue weighted by Crippen LogP contribution is 2.17. The van der Waals surface area contributed by atoms with E-state index in [1.54, 1.807) is 0 Å². The van der Waals surface area contributed by atoms with Gasteiger partial charge in [-0.1, -0.05) is 20.8 Å². The van der Waals surface area contributed by atoms with E-state index in [1.807, 2.05) is 27.7 Å². The van der Waals surface area contributed by atoms with E-state index >= 15 is 0 Å². The molecule has 0 saturated carbocycles. The molecule has 158 valence electrons. The minimum atomic E-state index is -0.310. The first kappa shape index (κ1) is 24.0. The molecule has 1 amide bonds. The fourth-order valence-corrected chi connectivity index (χ4v) is 2.94. The number of amides is 1. The summed E-state index contributed by atoms with van der Waals surface area (Å²) in [6.07, 6.45) is 2.39. The van der Waals surface area contributed by atoms with Crippen LogP contribution in [0.1, 0.15) is 47.0 Å². The number of nitrogens with zero attached hydrogens (tertiary/aromatic N) is 1. The van der Waals surface area contributed by atoms with Crippen LogP contribution >= 0.6 is 0 Å². The normalized spacial score (nSPS) is 18.0. The Balaban J connectivity index is 2.01. The average molecular weight is 387 g/mol. The molecule has 7 nitrogen and oxygen atoms in total. The van der Waals surface area contributed by atoms with Crippen LogP contribution in [0.15, 0.2) is 0 Å². The highest BCUT2D eigenvalue weighted by Gasteiger charge is 2.29. The molecule has 1 heterocycles. The Bertz CT molecular complexity index is 437. The molecule has 0 spiro atoms. The smallest absolute Gasteiger partial charge is 0.237 e. The quantitative estimate of drug-likeness (QED) is 0.458. The van der Waals surface area contributed by atoms with E-state index in [-0.39, 0.29) is 23.1 Å². The van der Waals surface area contributed by atoms with Gasteiger partial charge in [0.1, 0.15) is 5.78 Å². The van der Waals surface area contributed by atoms with Crippen molar-refractivity contribution in [3.8, 4) is 0 Å². The second kappa shape index (κ2) is 13.2. The van der Waals surface area contributed by atoms with E-state index in [0.717, 1.165) is 25.9 Å². The minimum Gasteiger partial charge on any atom is -0.380 e. The van der Waals surface area contributed by atoms with Crippen LogP contribution in [0.3, 0.4) is 0 Å². The van der Waals surface area contributed by atoms with Gasteiger partial charge >= 0.3 is 0 Å². The van der Waals surface area contributed by atoms with E-state index in [2.05, 4.69) is 10.2 Å². The van der Waals surface area contributed by atoms with E-state index in [9.17, 15) is 9.59 Å². The van der Waals surface area contributed by atoms with Gasteiger partial charge in [-0.05, 0) is 26.3 Å². The van der Waals surface area contributed by atoms with Gasteiger partial charge in [0.25, 0.3) is 0 Å². The lowest BCUT2D eigenvalue weighted by Crippen LogP contribution is -2.45. The Labute approximate surface area is 164 Å². The summed E-state index contributed by atoms with van der Waals surface area (Å²) in [5.41, 5.74) is -0.310. The Morgan fingerprint density at radius 3 is 2.41 bits per heavy atom. The van der Waals surface area contributed by atoms with Crippen LogP contribution in [0.4, 0.5) is 0 Å². The van der Waals surface area contributed by atoms with Crippen molar-refractivity contribution in [1.82, 2.24) is 10.2 Å². The minimum absolute atomic E-state index is 0.0471. The lowest BCUT2D eigenvalue weighted by molar-refractivity contribution is -0.127. The summed E-state index contributed by atoms with van der Waals surface area (Å²) >= 11 is 0. The van der Waals surface area contributed by atoms with E-state index in [0.29, 0.717) is 52.6 Å². The van der Waals surface area contributed by atoms with Gasteiger partial charge in [0.05, 0.1) is 39.1 Å². The van der Waals surface area contributed by atoms with Crippen LogP contribution in [0, 0.1) is 5.41 Å². The number of likely N-dealkylation sites (tertiary alicyclic amines) is 1. The molecule has 0 aromatic carbocycles. The van der Waals surface area contributed by atoms with E-state index in [4.69, 9.17) is 14.2 Å². The standard InChI is InChI=1S/C20H38N2O5/c1-5-25-14-11-22-10-6-7-17(22)19(24)21-9-13-27-16-15-26-12-8-18(23)20(2,3)4/h17H,5-16H2,1-4H3,(H,21,24)/t17-/m0/s1. The molecular weight excluding hydrogens is 348 g/mol. The lowest BCUT2D eigenvalue weighted by atomic mass is 9.89. The molecule has 0 aliphatic carbocycles. The fraction of sp³-hybridized carbons (Fsp3) is 0.900. The van der Waals surface area contributed by atoms with E-state index in [1.165, 1.54) is 0 Å². The molecule has 1 N–H and O–H groups in total. The number of ketones is 1. The Kier molecular flexibility index (Phi) is 11.7. The Morgan fingerprint density at radius 2 is 1.74 bits per heavy atom. The molecule has 1 aliphatic heterocycles. The highest BCUT2D eigenvalue weighted by atomic mass is 16.5. The maximum atomic E-state index is 12.3. The molecule has 1 fully saturated rings. The first-order chi connectivity index (χ1) is 12.9. The summed E-state index contributed by atoms with van der Waals surface area (Å²) in [6.45, 7) is 13.2. The number of hydrogen-bond acceptors (Lipinski definition) is 6. The number of nitrogens with one attached hydrogen (secondary N) is 1. The first-order valence-electron chi connectivity index (χ1n) is 10.1. The molecular formula is C20H38N2O5. The maximum absolute atomic E-state index is 12.3. The van der Waals surface area contributed by atoms with Gasteiger partial charge in [0.15, 0.2) is 0 Å². The second-order valence-electron chi connectivity index (χ2n) is 7.83. The predicted octanol–water partition coefficient (Wildman–Crippen LogP) is 1.64. The average Bonchev–Trinajstić information content (AvgIpc) is 3.08. The molecule has 0 radical (unpaired) electrons. The highest BCUT2D eigenvalue weighted by molar-refractivity contribution is 5.83. The molecule has 1 atom stereocenters. The van der Waals surface area contributed by atoms with Crippen molar-refractivity contribution in [2.75, 3.05) is 59.3 Å². The van der Waals surface area contributed by atoms with Crippen LogP contribution in [0.2, 0.25) is 0 Å². The van der Waals surface area contributed by atoms with Crippen molar-refractivity contribution in [3.63, 3.8) is 0 Å². The van der Waals surface area contributed by atoms with Gasteiger partial charge in [-0.2, -0.15) is 0 Å². The van der Waals surface area contributed by atoms with Gasteiger partial charge in [-0.3, -0.25) is 14.5 Å². The number of carbonyl (C=O) groups is 2. The number of ether oxygens (including phenoxy) is 3. The third kappa shape index (κ3) is 10.2. The zero-order valence-corrected chi connectivity index (χ0v) is 17.6. The molecule has 7 heteroatoms. The molecule has 0 unspecified atom stereocenters. The molecule has 27 heavy (non-hydrogen) atoms.